The monoisotopic (exact) mass is 286 g/mol. The molecule has 0 aliphatic carbocycles. The van der Waals surface area contributed by atoms with E-state index in [0.29, 0.717) is 6.07 Å². The van der Waals surface area contributed by atoms with Crippen LogP contribution in [0, 0.1) is 33.4 Å². The molecule has 4 nitrogen and oxygen atoms in total. The van der Waals surface area contributed by atoms with Crippen LogP contribution in [-0.2, 0) is 0 Å². The van der Waals surface area contributed by atoms with Gasteiger partial charge < -0.3 is 5.32 Å². The Balaban J connectivity index is 2.48. The van der Waals surface area contributed by atoms with Gasteiger partial charge in [0, 0.05) is 0 Å². The summed E-state index contributed by atoms with van der Waals surface area (Å²) >= 11 is 0. The zero-order chi connectivity index (χ0) is 14.9. The van der Waals surface area contributed by atoms with Crippen LogP contribution in [0.25, 0.3) is 0 Å². The van der Waals surface area contributed by atoms with E-state index in [0.717, 1.165) is 24.3 Å². The Morgan fingerprint density at radius 2 is 1.60 bits per heavy atom. The molecule has 0 aliphatic rings. The Kier molecular flexibility index (Phi) is 3.55. The summed E-state index contributed by atoms with van der Waals surface area (Å²) in [5.74, 6) is -5.82. The van der Waals surface area contributed by atoms with Crippen LogP contribution >= 0.6 is 0 Å². The summed E-state index contributed by atoms with van der Waals surface area (Å²) in [5.41, 5.74) is -1.84. The van der Waals surface area contributed by atoms with Crippen molar-refractivity contribution in [1.82, 2.24) is 0 Å². The van der Waals surface area contributed by atoms with E-state index in [1.807, 2.05) is 0 Å². The minimum absolute atomic E-state index is 0.375. The second-order valence-corrected chi connectivity index (χ2v) is 3.74. The van der Waals surface area contributed by atoms with Crippen LogP contribution in [0.5, 0.6) is 0 Å². The van der Waals surface area contributed by atoms with Crippen LogP contribution in [0.1, 0.15) is 0 Å². The van der Waals surface area contributed by atoms with Crippen molar-refractivity contribution in [3.8, 4) is 0 Å². The second-order valence-electron chi connectivity index (χ2n) is 3.74. The Bertz CT molecular complexity index is 691. The lowest BCUT2D eigenvalue weighted by atomic mass is 10.2. The lowest BCUT2D eigenvalue weighted by Gasteiger charge is -2.09. The van der Waals surface area contributed by atoms with Crippen molar-refractivity contribution in [1.29, 1.82) is 0 Å². The van der Waals surface area contributed by atoms with E-state index >= 15 is 0 Å². The predicted molar refractivity (Wildman–Crippen MR) is 62.7 cm³/mol. The number of hydrogen-bond acceptors (Lipinski definition) is 3. The van der Waals surface area contributed by atoms with Crippen LogP contribution in [0.4, 0.5) is 34.6 Å². The first-order valence-corrected chi connectivity index (χ1v) is 5.25. The van der Waals surface area contributed by atoms with Crippen molar-refractivity contribution in [3.05, 3.63) is 63.7 Å². The summed E-state index contributed by atoms with van der Waals surface area (Å²) in [7, 11) is 0. The fourth-order valence-electron chi connectivity index (χ4n) is 1.57. The number of hydrogen-bond donors (Lipinski definition) is 1. The lowest BCUT2D eigenvalue weighted by Crippen LogP contribution is -2.02. The van der Waals surface area contributed by atoms with Crippen molar-refractivity contribution in [3.63, 3.8) is 0 Å². The van der Waals surface area contributed by atoms with E-state index in [4.69, 9.17) is 0 Å². The summed E-state index contributed by atoms with van der Waals surface area (Å²) in [5, 5.41) is 12.9. The zero-order valence-electron chi connectivity index (χ0n) is 9.66. The van der Waals surface area contributed by atoms with Gasteiger partial charge in [0.2, 0.25) is 5.82 Å². The molecule has 0 aromatic heterocycles. The predicted octanol–water partition coefficient (Wildman–Crippen LogP) is 3.89. The van der Waals surface area contributed by atoms with Crippen LogP contribution in [0.15, 0.2) is 30.3 Å². The highest BCUT2D eigenvalue weighted by Gasteiger charge is 2.21. The average Bonchev–Trinajstić information content (AvgIpc) is 2.39. The van der Waals surface area contributed by atoms with Crippen LogP contribution in [0.2, 0.25) is 0 Å². The molecule has 0 aliphatic heterocycles. The highest BCUT2D eigenvalue weighted by Crippen LogP contribution is 2.31. The fraction of sp³-hybridized carbons (Fsp3) is 0. The number of nitrogens with zero attached hydrogens (tertiary/aromatic N) is 1. The first-order valence-electron chi connectivity index (χ1n) is 5.25. The molecule has 0 amide bonds. The third-order valence-corrected chi connectivity index (χ3v) is 2.47. The Hall–Kier alpha value is -2.64. The summed E-state index contributed by atoms with van der Waals surface area (Å²) in [6.45, 7) is 0. The summed E-state index contributed by atoms with van der Waals surface area (Å²) < 4.78 is 52.6. The van der Waals surface area contributed by atoms with Crippen molar-refractivity contribution >= 4 is 17.1 Å². The van der Waals surface area contributed by atoms with E-state index in [9.17, 15) is 27.7 Å². The van der Waals surface area contributed by atoms with E-state index in [1.54, 1.807) is 0 Å². The Morgan fingerprint density at radius 1 is 0.900 bits per heavy atom. The number of benzene rings is 2. The number of halogens is 4. The minimum Gasteiger partial charge on any atom is -0.347 e. The number of anilines is 2. The molecule has 0 bridgehead atoms. The maximum Gasteiger partial charge on any atom is 0.327 e. The molecular weight excluding hydrogens is 280 g/mol. The van der Waals surface area contributed by atoms with Gasteiger partial charge in [-0.1, -0.05) is 6.07 Å². The summed E-state index contributed by atoms with van der Waals surface area (Å²) in [6, 6.07) is 4.61. The quantitative estimate of drug-likeness (QED) is 0.403. The molecule has 0 radical (unpaired) electrons. The standard InChI is InChI=1S/C12H6F4N2O2/c13-6-4-5-8(11(16)10(6)15)17-9-3-1-2-7(14)12(9)18(19)20/h1-5,17H. The molecule has 2 aromatic carbocycles. The highest BCUT2D eigenvalue weighted by molar-refractivity contribution is 5.70. The second kappa shape index (κ2) is 5.16. The third kappa shape index (κ3) is 2.40. The van der Waals surface area contributed by atoms with Crippen molar-refractivity contribution in [2.45, 2.75) is 0 Å². The molecule has 0 saturated heterocycles. The number of nitrogens with one attached hydrogen (secondary N) is 1. The van der Waals surface area contributed by atoms with Crippen molar-refractivity contribution in [2.24, 2.45) is 0 Å². The van der Waals surface area contributed by atoms with Gasteiger partial charge in [-0.25, -0.2) is 13.2 Å². The molecule has 1 N–H and O–H groups in total. The van der Waals surface area contributed by atoms with Crippen LogP contribution in [-0.4, -0.2) is 4.92 Å². The lowest BCUT2D eigenvalue weighted by molar-refractivity contribution is -0.386. The molecule has 2 aromatic rings. The highest BCUT2D eigenvalue weighted by atomic mass is 19.2. The van der Waals surface area contributed by atoms with Gasteiger partial charge in [0.25, 0.3) is 0 Å². The molecule has 2 rings (SSSR count). The molecule has 0 heterocycles. The van der Waals surface area contributed by atoms with E-state index in [2.05, 4.69) is 5.32 Å². The molecule has 0 unspecified atom stereocenters. The van der Waals surface area contributed by atoms with Crippen molar-refractivity contribution in [2.75, 3.05) is 5.32 Å². The van der Waals surface area contributed by atoms with Gasteiger partial charge in [0.15, 0.2) is 17.5 Å². The number of para-hydroxylation sites is 1. The maximum atomic E-state index is 13.4. The Morgan fingerprint density at radius 3 is 2.25 bits per heavy atom. The van der Waals surface area contributed by atoms with Gasteiger partial charge in [-0.05, 0) is 24.3 Å². The average molecular weight is 286 g/mol. The molecule has 0 saturated carbocycles. The number of nitro benzene ring substituents is 1. The van der Waals surface area contributed by atoms with Crippen molar-refractivity contribution < 1.29 is 22.5 Å². The van der Waals surface area contributed by atoms with E-state index < -0.39 is 39.6 Å². The maximum absolute atomic E-state index is 13.4. The topological polar surface area (TPSA) is 55.2 Å². The first-order chi connectivity index (χ1) is 9.41. The van der Waals surface area contributed by atoms with Gasteiger partial charge in [-0.15, -0.1) is 0 Å². The van der Waals surface area contributed by atoms with Gasteiger partial charge in [-0.3, -0.25) is 10.1 Å². The number of nitro groups is 1. The molecule has 104 valence electrons. The molecule has 8 heteroatoms. The SMILES string of the molecule is O=[N+]([O-])c1c(F)cccc1Nc1ccc(F)c(F)c1F. The van der Waals surface area contributed by atoms with Crippen LogP contribution in [0.3, 0.4) is 0 Å². The van der Waals surface area contributed by atoms with Gasteiger partial charge in [-0.2, -0.15) is 4.39 Å². The molecule has 20 heavy (non-hydrogen) atoms. The van der Waals surface area contributed by atoms with Gasteiger partial charge in [0.05, 0.1) is 10.6 Å². The first kappa shape index (κ1) is 13.8. The minimum atomic E-state index is -1.73. The third-order valence-electron chi connectivity index (χ3n) is 2.47. The smallest absolute Gasteiger partial charge is 0.327 e. The largest absolute Gasteiger partial charge is 0.347 e. The molecule has 0 fully saturated rings. The van der Waals surface area contributed by atoms with Crippen LogP contribution < -0.4 is 5.32 Å². The van der Waals surface area contributed by atoms with E-state index in [-0.39, 0.29) is 5.69 Å². The summed E-state index contributed by atoms with van der Waals surface area (Å²) in [4.78, 5) is 9.73. The normalized spacial score (nSPS) is 10.4. The van der Waals surface area contributed by atoms with Gasteiger partial charge >= 0.3 is 5.69 Å². The van der Waals surface area contributed by atoms with E-state index in [1.165, 1.54) is 0 Å². The Labute approximate surface area is 109 Å². The number of rotatable bonds is 3. The fourth-order valence-corrected chi connectivity index (χ4v) is 1.57. The molecular formula is C12H6F4N2O2. The zero-order valence-corrected chi connectivity index (χ0v) is 9.66. The molecule has 0 spiro atoms. The molecule has 0 atom stereocenters. The summed E-state index contributed by atoms with van der Waals surface area (Å²) in [6.07, 6.45) is 0. The van der Waals surface area contributed by atoms with Gasteiger partial charge in [0.1, 0.15) is 5.69 Å².